The molecule has 0 spiro atoms. The topological polar surface area (TPSA) is 81.8 Å². The molecule has 132 valence electrons. The number of carbonyl (C=O) groups excluding carboxylic acids is 1. The summed E-state index contributed by atoms with van der Waals surface area (Å²) in [5.74, 6) is 1.75. The lowest BCUT2D eigenvalue weighted by Crippen LogP contribution is -2.50. The summed E-state index contributed by atoms with van der Waals surface area (Å²) >= 11 is 0. The van der Waals surface area contributed by atoms with Crippen molar-refractivity contribution in [2.75, 3.05) is 36.4 Å². The van der Waals surface area contributed by atoms with Gasteiger partial charge in [-0.1, -0.05) is 17.3 Å². The van der Waals surface area contributed by atoms with Crippen LogP contribution in [0, 0.1) is 0 Å². The van der Waals surface area contributed by atoms with Crippen molar-refractivity contribution in [3.8, 4) is 5.75 Å². The lowest BCUT2D eigenvalue weighted by molar-refractivity contribution is 0.208. The Labute approximate surface area is 146 Å². The van der Waals surface area contributed by atoms with Gasteiger partial charge in [-0.05, 0) is 31.4 Å². The summed E-state index contributed by atoms with van der Waals surface area (Å²) in [6, 6.07) is 7.15. The minimum atomic E-state index is -0.140. The van der Waals surface area contributed by atoms with E-state index in [4.69, 9.17) is 4.52 Å². The lowest BCUT2D eigenvalue weighted by atomic mass is 9.98. The maximum Gasteiger partial charge on any atom is 0.323 e. The number of benzene rings is 1. The van der Waals surface area contributed by atoms with Crippen LogP contribution < -0.4 is 10.2 Å². The molecule has 0 bridgehead atoms. The van der Waals surface area contributed by atoms with Gasteiger partial charge in [-0.25, -0.2) is 4.79 Å². The number of amides is 2. The molecule has 0 atom stereocenters. The van der Waals surface area contributed by atoms with E-state index in [-0.39, 0.29) is 11.8 Å². The van der Waals surface area contributed by atoms with Crippen molar-refractivity contribution in [3.63, 3.8) is 0 Å². The summed E-state index contributed by atoms with van der Waals surface area (Å²) in [6.45, 7) is 2.56. The molecule has 2 aromatic rings. The zero-order valence-corrected chi connectivity index (χ0v) is 14.1. The number of phenols is 1. The van der Waals surface area contributed by atoms with E-state index in [0.29, 0.717) is 32.0 Å². The van der Waals surface area contributed by atoms with Crippen molar-refractivity contribution in [2.45, 2.75) is 25.7 Å². The normalized spacial score (nSPS) is 17.3. The number of aromatic nitrogens is 1. The highest BCUT2D eigenvalue weighted by Gasteiger charge is 2.25. The summed E-state index contributed by atoms with van der Waals surface area (Å²) in [5.41, 5.74) is 1.86. The maximum absolute atomic E-state index is 12.5. The highest BCUT2D eigenvalue weighted by atomic mass is 16.5. The summed E-state index contributed by atoms with van der Waals surface area (Å²) in [6.07, 6.45) is 4.03. The molecule has 2 heterocycles. The molecule has 1 aliphatic heterocycles. The van der Waals surface area contributed by atoms with Crippen molar-refractivity contribution in [1.29, 1.82) is 0 Å². The molecular formula is C18H22N4O3. The molecule has 0 saturated carbocycles. The Morgan fingerprint density at radius 1 is 1.12 bits per heavy atom. The number of nitrogens with one attached hydrogen (secondary N) is 1. The third-order valence-corrected chi connectivity index (χ3v) is 4.96. The fourth-order valence-corrected chi connectivity index (χ4v) is 3.55. The number of nitrogens with zero attached hydrogens (tertiary/aromatic N) is 3. The highest BCUT2D eigenvalue weighted by molar-refractivity contribution is 5.89. The summed E-state index contributed by atoms with van der Waals surface area (Å²) < 4.78 is 5.34. The zero-order chi connectivity index (χ0) is 17.2. The Morgan fingerprint density at radius 2 is 1.88 bits per heavy atom. The van der Waals surface area contributed by atoms with Crippen LogP contribution in [0.5, 0.6) is 5.75 Å². The highest BCUT2D eigenvalue weighted by Crippen LogP contribution is 2.29. The molecule has 2 N–H and O–H groups in total. The van der Waals surface area contributed by atoms with Crippen LogP contribution in [0.25, 0.3) is 0 Å². The third kappa shape index (κ3) is 3.14. The van der Waals surface area contributed by atoms with E-state index in [0.717, 1.165) is 42.7 Å². The van der Waals surface area contributed by atoms with Gasteiger partial charge in [0.05, 0.1) is 5.69 Å². The average Bonchev–Trinajstić information content (AvgIpc) is 3.05. The molecule has 1 aromatic carbocycles. The molecule has 4 rings (SSSR count). The number of piperazine rings is 1. The molecular weight excluding hydrogens is 320 g/mol. The predicted octanol–water partition coefficient (Wildman–Crippen LogP) is 2.61. The molecule has 7 nitrogen and oxygen atoms in total. The first-order chi connectivity index (χ1) is 12.2. The average molecular weight is 342 g/mol. The summed E-state index contributed by atoms with van der Waals surface area (Å²) in [4.78, 5) is 16.4. The molecule has 0 unspecified atom stereocenters. The van der Waals surface area contributed by atoms with Crippen LogP contribution in [0.1, 0.15) is 24.2 Å². The third-order valence-electron chi connectivity index (χ3n) is 4.96. The number of phenolic OH excluding ortho intramolecular Hbond substituents is 1. The van der Waals surface area contributed by atoms with Crippen LogP contribution >= 0.6 is 0 Å². The first-order valence-electron chi connectivity index (χ1n) is 8.78. The molecule has 1 aliphatic carbocycles. The van der Waals surface area contributed by atoms with Crippen LogP contribution in [-0.2, 0) is 12.8 Å². The van der Waals surface area contributed by atoms with Gasteiger partial charge in [0.15, 0.2) is 5.82 Å². The van der Waals surface area contributed by atoms with Gasteiger partial charge in [0.25, 0.3) is 0 Å². The number of urea groups is 1. The van der Waals surface area contributed by atoms with E-state index < -0.39 is 0 Å². The number of hydrogen-bond acceptors (Lipinski definition) is 5. The predicted molar refractivity (Wildman–Crippen MR) is 94.1 cm³/mol. The quantitative estimate of drug-likeness (QED) is 0.877. The Hall–Kier alpha value is -2.70. The van der Waals surface area contributed by atoms with Crippen LogP contribution in [0.2, 0.25) is 0 Å². The Kier molecular flexibility index (Phi) is 4.21. The van der Waals surface area contributed by atoms with E-state index in [1.165, 1.54) is 0 Å². The van der Waals surface area contributed by atoms with E-state index in [9.17, 15) is 9.90 Å². The summed E-state index contributed by atoms with van der Waals surface area (Å²) in [5, 5.41) is 16.9. The monoisotopic (exact) mass is 342 g/mol. The molecule has 2 aliphatic rings. The van der Waals surface area contributed by atoms with Gasteiger partial charge in [0.2, 0.25) is 0 Å². The van der Waals surface area contributed by atoms with E-state index in [2.05, 4.69) is 15.4 Å². The first kappa shape index (κ1) is 15.8. The molecule has 1 saturated heterocycles. The zero-order valence-electron chi connectivity index (χ0n) is 14.1. The minimum Gasteiger partial charge on any atom is -0.506 e. The minimum absolute atomic E-state index is 0.140. The van der Waals surface area contributed by atoms with E-state index in [1.807, 2.05) is 12.1 Å². The van der Waals surface area contributed by atoms with Crippen molar-refractivity contribution < 1.29 is 14.4 Å². The van der Waals surface area contributed by atoms with Crippen LogP contribution in [-0.4, -0.2) is 47.4 Å². The van der Waals surface area contributed by atoms with Crippen molar-refractivity contribution in [3.05, 3.63) is 35.6 Å². The molecule has 25 heavy (non-hydrogen) atoms. The van der Waals surface area contributed by atoms with Gasteiger partial charge in [0.1, 0.15) is 11.5 Å². The number of aromatic hydroxyl groups is 1. The fraction of sp³-hybridized carbons (Fsp3) is 0.444. The summed E-state index contributed by atoms with van der Waals surface area (Å²) in [7, 11) is 0. The van der Waals surface area contributed by atoms with Crippen LogP contribution in [0.3, 0.4) is 0 Å². The Balaban J connectivity index is 1.37. The van der Waals surface area contributed by atoms with Gasteiger partial charge < -0.3 is 19.4 Å². The van der Waals surface area contributed by atoms with Gasteiger partial charge in [-0.15, -0.1) is 0 Å². The van der Waals surface area contributed by atoms with Gasteiger partial charge in [-0.2, -0.15) is 0 Å². The number of hydrogen-bond donors (Lipinski definition) is 2. The van der Waals surface area contributed by atoms with Crippen molar-refractivity contribution in [2.24, 2.45) is 0 Å². The molecule has 7 heteroatoms. The maximum atomic E-state index is 12.5. The van der Waals surface area contributed by atoms with Gasteiger partial charge in [0, 0.05) is 38.2 Å². The lowest BCUT2D eigenvalue weighted by Gasteiger charge is -2.36. The van der Waals surface area contributed by atoms with Crippen LogP contribution in [0.15, 0.2) is 28.8 Å². The van der Waals surface area contributed by atoms with Crippen LogP contribution in [0.4, 0.5) is 16.3 Å². The fourth-order valence-electron chi connectivity index (χ4n) is 3.55. The molecule has 0 radical (unpaired) electrons. The number of fused-ring (bicyclic) bond motifs is 1. The van der Waals surface area contributed by atoms with Gasteiger partial charge >= 0.3 is 6.03 Å². The first-order valence-corrected chi connectivity index (χ1v) is 8.78. The number of rotatable bonds is 2. The SMILES string of the molecule is O=C(Nc1noc2c1CCCC2)N1CCN(c2ccccc2O)CC1. The second-order valence-corrected chi connectivity index (χ2v) is 6.53. The number of para-hydroxylation sites is 2. The standard InChI is InChI=1S/C18H22N4O3/c23-15-7-3-2-6-14(15)21-9-11-22(12-10-21)18(24)19-17-13-5-1-4-8-16(13)25-20-17/h2-3,6-7,23H,1,4-5,8-12H2,(H,19,20,24). The van der Waals surface area contributed by atoms with Gasteiger partial charge in [-0.3, -0.25) is 5.32 Å². The Bertz CT molecular complexity index is 765. The van der Waals surface area contributed by atoms with Crippen molar-refractivity contribution in [1.82, 2.24) is 10.1 Å². The molecule has 1 aromatic heterocycles. The number of aryl methyl sites for hydroxylation is 1. The second-order valence-electron chi connectivity index (χ2n) is 6.53. The molecule has 2 amide bonds. The largest absolute Gasteiger partial charge is 0.506 e. The number of carbonyl (C=O) groups is 1. The van der Waals surface area contributed by atoms with E-state index >= 15 is 0 Å². The van der Waals surface area contributed by atoms with Crippen molar-refractivity contribution >= 4 is 17.5 Å². The second kappa shape index (κ2) is 6.66. The number of anilines is 2. The Morgan fingerprint density at radius 3 is 2.68 bits per heavy atom. The molecule has 1 fully saturated rings. The smallest absolute Gasteiger partial charge is 0.323 e. The van der Waals surface area contributed by atoms with E-state index in [1.54, 1.807) is 17.0 Å².